The minimum absolute atomic E-state index is 0.219. The zero-order chi connectivity index (χ0) is 13.0. The van der Waals surface area contributed by atoms with E-state index in [-0.39, 0.29) is 17.2 Å². The highest BCUT2D eigenvalue weighted by Crippen LogP contribution is 2.03. The summed E-state index contributed by atoms with van der Waals surface area (Å²) in [6.07, 6.45) is 2.24. The lowest BCUT2D eigenvalue weighted by Crippen LogP contribution is -2.30. The summed E-state index contributed by atoms with van der Waals surface area (Å²) in [6.45, 7) is 0.521. The maximum absolute atomic E-state index is 11.9. The first-order valence-corrected chi connectivity index (χ1v) is 5.50. The molecule has 0 bridgehead atoms. The van der Waals surface area contributed by atoms with Crippen LogP contribution in [0, 0.1) is 0 Å². The predicted octanol–water partition coefficient (Wildman–Crippen LogP) is 0.678. The van der Waals surface area contributed by atoms with Crippen molar-refractivity contribution in [3.8, 4) is 0 Å². The molecule has 0 saturated heterocycles. The van der Waals surface area contributed by atoms with E-state index in [0.717, 1.165) is 5.76 Å². The molecule has 2 aromatic heterocycles. The first-order valence-electron chi connectivity index (χ1n) is 5.50. The van der Waals surface area contributed by atoms with Gasteiger partial charge >= 0.3 is 0 Å². The van der Waals surface area contributed by atoms with Gasteiger partial charge in [0.1, 0.15) is 11.5 Å². The SMILES string of the molecule is CN(CCc1ccco1)C(=O)c1ccc(=O)[nH]n1. The number of likely N-dealkylation sites (N-methyl/N-ethyl adjacent to an activating group) is 1. The van der Waals surface area contributed by atoms with Crippen LogP contribution in [0.2, 0.25) is 0 Å². The molecule has 0 spiro atoms. The van der Waals surface area contributed by atoms with E-state index < -0.39 is 0 Å². The number of H-pyrrole nitrogens is 1. The third-order valence-electron chi connectivity index (χ3n) is 2.52. The number of nitrogens with zero attached hydrogens (tertiary/aromatic N) is 2. The summed E-state index contributed by atoms with van der Waals surface area (Å²) >= 11 is 0. The lowest BCUT2D eigenvalue weighted by atomic mass is 10.3. The van der Waals surface area contributed by atoms with E-state index in [1.54, 1.807) is 19.4 Å². The Balaban J connectivity index is 1.96. The van der Waals surface area contributed by atoms with Gasteiger partial charge in [0.15, 0.2) is 0 Å². The first-order chi connectivity index (χ1) is 8.66. The van der Waals surface area contributed by atoms with E-state index >= 15 is 0 Å². The van der Waals surface area contributed by atoms with Crippen molar-refractivity contribution in [2.75, 3.05) is 13.6 Å². The molecule has 2 rings (SSSR count). The molecule has 0 aromatic carbocycles. The van der Waals surface area contributed by atoms with Gasteiger partial charge in [0, 0.05) is 26.1 Å². The summed E-state index contributed by atoms with van der Waals surface area (Å²) < 4.78 is 5.18. The molecule has 0 saturated carbocycles. The van der Waals surface area contributed by atoms with Gasteiger partial charge in [0.05, 0.1) is 6.26 Å². The standard InChI is InChI=1S/C12H13N3O3/c1-15(7-6-9-3-2-8-18-9)12(17)10-4-5-11(16)14-13-10/h2-5,8H,6-7H2,1H3,(H,14,16). The van der Waals surface area contributed by atoms with Crippen molar-refractivity contribution >= 4 is 5.91 Å². The number of carbonyl (C=O) groups is 1. The van der Waals surface area contributed by atoms with E-state index in [1.165, 1.54) is 17.0 Å². The highest BCUT2D eigenvalue weighted by atomic mass is 16.3. The molecule has 0 aliphatic carbocycles. The van der Waals surface area contributed by atoms with Crippen LogP contribution in [0.25, 0.3) is 0 Å². The number of aromatic nitrogens is 2. The van der Waals surface area contributed by atoms with E-state index in [4.69, 9.17) is 4.42 Å². The molecule has 0 fully saturated rings. The van der Waals surface area contributed by atoms with Crippen LogP contribution < -0.4 is 5.56 Å². The highest BCUT2D eigenvalue weighted by Gasteiger charge is 2.13. The minimum Gasteiger partial charge on any atom is -0.469 e. The fourth-order valence-electron chi connectivity index (χ4n) is 1.49. The van der Waals surface area contributed by atoms with Crippen molar-refractivity contribution in [3.63, 3.8) is 0 Å². The minimum atomic E-state index is -0.329. The lowest BCUT2D eigenvalue weighted by Gasteiger charge is -2.15. The molecule has 2 heterocycles. The van der Waals surface area contributed by atoms with Crippen LogP contribution in [0.1, 0.15) is 16.2 Å². The number of hydrogen-bond donors (Lipinski definition) is 1. The van der Waals surface area contributed by atoms with Crippen LogP contribution in [0.4, 0.5) is 0 Å². The van der Waals surface area contributed by atoms with Gasteiger partial charge in [-0.3, -0.25) is 9.59 Å². The second-order valence-electron chi connectivity index (χ2n) is 3.86. The van der Waals surface area contributed by atoms with Crippen LogP contribution in [-0.4, -0.2) is 34.6 Å². The van der Waals surface area contributed by atoms with E-state index in [1.807, 2.05) is 6.07 Å². The third-order valence-corrected chi connectivity index (χ3v) is 2.52. The second-order valence-corrected chi connectivity index (χ2v) is 3.86. The molecule has 1 N–H and O–H groups in total. The number of hydrogen-bond acceptors (Lipinski definition) is 4. The normalized spacial score (nSPS) is 10.3. The largest absolute Gasteiger partial charge is 0.469 e. The molecule has 0 aliphatic rings. The Kier molecular flexibility index (Phi) is 3.57. The Hall–Kier alpha value is -2.37. The second kappa shape index (κ2) is 5.31. The monoisotopic (exact) mass is 247 g/mol. The Morgan fingerprint density at radius 2 is 2.28 bits per heavy atom. The van der Waals surface area contributed by atoms with Gasteiger partial charge in [0.2, 0.25) is 0 Å². The molecular formula is C12H13N3O3. The van der Waals surface area contributed by atoms with Crippen LogP contribution >= 0.6 is 0 Å². The summed E-state index contributed by atoms with van der Waals surface area (Å²) in [5, 5.41) is 5.93. The predicted molar refractivity (Wildman–Crippen MR) is 64.2 cm³/mol. The Labute approximate surface area is 103 Å². The maximum atomic E-state index is 11.9. The number of aromatic amines is 1. The number of nitrogens with one attached hydrogen (secondary N) is 1. The molecular weight excluding hydrogens is 234 g/mol. The van der Waals surface area contributed by atoms with Crippen molar-refractivity contribution in [2.45, 2.75) is 6.42 Å². The van der Waals surface area contributed by atoms with Crippen LogP contribution in [-0.2, 0) is 6.42 Å². The summed E-state index contributed by atoms with van der Waals surface area (Å²) in [6, 6.07) is 6.35. The summed E-state index contributed by atoms with van der Waals surface area (Å²) in [5.74, 6) is 0.585. The molecule has 6 nitrogen and oxygen atoms in total. The number of amides is 1. The maximum Gasteiger partial charge on any atom is 0.274 e. The summed E-state index contributed by atoms with van der Waals surface area (Å²) in [4.78, 5) is 24.3. The van der Waals surface area contributed by atoms with Crippen molar-refractivity contribution in [3.05, 3.63) is 52.3 Å². The third kappa shape index (κ3) is 2.85. The molecule has 1 amide bonds. The van der Waals surface area contributed by atoms with Gasteiger partial charge < -0.3 is 9.32 Å². The molecule has 18 heavy (non-hydrogen) atoms. The van der Waals surface area contributed by atoms with E-state index in [9.17, 15) is 9.59 Å². The Morgan fingerprint density at radius 3 is 2.89 bits per heavy atom. The lowest BCUT2D eigenvalue weighted by molar-refractivity contribution is 0.0788. The summed E-state index contributed by atoms with van der Waals surface area (Å²) in [7, 11) is 1.68. The number of furan rings is 1. The van der Waals surface area contributed by atoms with Crippen LogP contribution in [0.5, 0.6) is 0 Å². The zero-order valence-electron chi connectivity index (χ0n) is 9.92. The topological polar surface area (TPSA) is 79.2 Å². The molecule has 0 unspecified atom stereocenters. The van der Waals surface area contributed by atoms with Crippen molar-refractivity contribution in [2.24, 2.45) is 0 Å². The van der Waals surface area contributed by atoms with Crippen molar-refractivity contribution < 1.29 is 9.21 Å². The fourth-order valence-corrected chi connectivity index (χ4v) is 1.49. The summed E-state index contributed by atoms with van der Waals surface area (Å²) in [5.41, 5.74) is -0.110. The zero-order valence-corrected chi connectivity index (χ0v) is 9.92. The fraction of sp³-hybridized carbons (Fsp3) is 0.250. The van der Waals surface area contributed by atoms with Gasteiger partial charge in [0.25, 0.3) is 11.5 Å². The van der Waals surface area contributed by atoms with E-state index in [2.05, 4.69) is 10.2 Å². The van der Waals surface area contributed by atoms with Crippen LogP contribution in [0.3, 0.4) is 0 Å². The van der Waals surface area contributed by atoms with Gasteiger partial charge in [-0.15, -0.1) is 0 Å². The van der Waals surface area contributed by atoms with Gasteiger partial charge in [-0.25, -0.2) is 5.10 Å². The van der Waals surface area contributed by atoms with Crippen LogP contribution in [0.15, 0.2) is 39.7 Å². The Bertz CT molecular complexity index is 554. The Morgan fingerprint density at radius 1 is 1.44 bits per heavy atom. The molecule has 94 valence electrons. The smallest absolute Gasteiger partial charge is 0.274 e. The van der Waals surface area contributed by atoms with Gasteiger partial charge in [-0.2, -0.15) is 5.10 Å². The number of rotatable bonds is 4. The average molecular weight is 247 g/mol. The average Bonchev–Trinajstić information content (AvgIpc) is 2.89. The van der Waals surface area contributed by atoms with Crippen molar-refractivity contribution in [1.82, 2.24) is 15.1 Å². The molecule has 0 atom stereocenters. The molecule has 0 aliphatic heterocycles. The van der Waals surface area contributed by atoms with Crippen molar-refractivity contribution in [1.29, 1.82) is 0 Å². The van der Waals surface area contributed by atoms with Gasteiger partial charge in [-0.1, -0.05) is 0 Å². The first kappa shape index (κ1) is 12.1. The quantitative estimate of drug-likeness (QED) is 0.861. The van der Waals surface area contributed by atoms with Gasteiger partial charge in [-0.05, 0) is 18.2 Å². The highest BCUT2D eigenvalue weighted by molar-refractivity contribution is 5.91. The molecule has 6 heteroatoms. The number of carbonyl (C=O) groups excluding carboxylic acids is 1. The van der Waals surface area contributed by atoms with E-state index in [0.29, 0.717) is 13.0 Å². The molecule has 0 radical (unpaired) electrons. The molecule has 2 aromatic rings.